The number of thiophene rings is 2. The molecule has 2 aromatic heterocycles. The molecule has 12 rings (SSSR count). The van der Waals surface area contributed by atoms with E-state index in [-0.39, 0.29) is 0 Å². The zero-order valence-electron chi connectivity index (χ0n) is 30.8. The Balaban J connectivity index is 1.08. The summed E-state index contributed by atoms with van der Waals surface area (Å²) in [6.07, 6.45) is 0. The predicted octanol–water partition coefficient (Wildman–Crippen LogP) is 16.7. The minimum absolute atomic E-state index is 1.14. The van der Waals surface area contributed by atoms with E-state index in [0.717, 1.165) is 17.1 Å². The predicted molar refractivity (Wildman–Crippen MR) is 250 cm³/mol. The van der Waals surface area contributed by atoms with Gasteiger partial charge in [-0.05, 0) is 92.2 Å². The van der Waals surface area contributed by atoms with E-state index in [9.17, 15) is 0 Å². The second-order valence-corrected chi connectivity index (χ2v) is 17.0. The average molecular weight is 760 g/mol. The van der Waals surface area contributed by atoms with Crippen LogP contribution in [0.1, 0.15) is 0 Å². The van der Waals surface area contributed by atoms with Gasteiger partial charge in [-0.15, -0.1) is 22.7 Å². The van der Waals surface area contributed by atoms with E-state index in [0.29, 0.717) is 0 Å². The second-order valence-electron chi connectivity index (χ2n) is 14.9. The van der Waals surface area contributed by atoms with Crippen molar-refractivity contribution in [3.05, 3.63) is 200 Å². The van der Waals surface area contributed by atoms with Crippen molar-refractivity contribution in [1.29, 1.82) is 0 Å². The fraction of sp³-hybridized carbons (Fsp3) is 0. The van der Waals surface area contributed by atoms with Gasteiger partial charge in [-0.1, -0.05) is 152 Å². The first kappa shape index (κ1) is 32.5. The van der Waals surface area contributed by atoms with Gasteiger partial charge < -0.3 is 4.90 Å². The number of fused-ring (bicyclic) bond motifs is 10. The van der Waals surface area contributed by atoms with Crippen LogP contribution < -0.4 is 4.90 Å². The van der Waals surface area contributed by atoms with Gasteiger partial charge in [0.1, 0.15) is 0 Å². The first-order valence-corrected chi connectivity index (χ1v) is 21.0. The third-order valence-corrected chi connectivity index (χ3v) is 14.0. The lowest BCUT2D eigenvalue weighted by atomic mass is 9.91. The summed E-state index contributed by atoms with van der Waals surface area (Å²) in [6, 6.07) is 73.8. The number of hydrogen-bond acceptors (Lipinski definition) is 3. The SMILES string of the molecule is c1ccc(-c2ccc(-c3cc4c5ccc(N(c6ccc7ccccc7c6)c6ccc7ccccc7c6)cc5sc4c4ccccc34)c3sc4ccccc4c23)cc1. The molecular formula is C54H33NS2. The molecule has 0 aliphatic carbocycles. The quantitative estimate of drug-likeness (QED) is 0.169. The van der Waals surface area contributed by atoms with Gasteiger partial charge in [0.2, 0.25) is 0 Å². The molecule has 57 heavy (non-hydrogen) atoms. The number of hydrogen-bond donors (Lipinski definition) is 0. The largest absolute Gasteiger partial charge is 0.310 e. The number of rotatable bonds is 5. The molecule has 0 fully saturated rings. The van der Waals surface area contributed by atoms with Gasteiger partial charge >= 0.3 is 0 Å². The van der Waals surface area contributed by atoms with Crippen LogP contribution in [0.5, 0.6) is 0 Å². The summed E-state index contributed by atoms with van der Waals surface area (Å²) in [5, 5.41) is 12.8. The van der Waals surface area contributed by atoms with Crippen molar-refractivity contribution in [2.75, 3.05) is 4.90 Å². The summed E-state index contributed by atoms with van der Waals surface area (Å²) in [5.74, 6) is 0. The van der Waals surface area contributed by atoms with Crippen molar-refractivity contribution in [2.24, 2.45) is 0 Å². The van der Waals surface area contributed by atoms with E-state index in [4.69, 9.17) is 0 Å². The Morgan fingerprint density at radius 1 is 0.298 bits per heavy atom. The Morgan fingerprint density at radius 2 is 0.860 bits per heavy atom. The minimum atomic E-state index is 1.14. The van der Waals surface area contributed by atoms with E-state index < -0.39 is 0 Å². The van der Waals surface area contributed by atoms with E-state index >= 15 is 0 Å². The average Bonchev–Trinajstić information content (AvgIpc) is 3.85. The maximum Gasteiger partial charge on any atom is 0.0476 e. The number of nitrogens with zero attached hydrogens (tertiary/aromatic N) is 1. The normalized spacial score (nSPS) is 11.9. The maximum atomic E-state index is 2.47. The molecule has 0 spiro atoms. The Hall–Kier alpha value is -6.78. The molecule has 0 aliphatic heterocycles. The molecule has 0 amide bonds. The minimum Gasteiger partial charge on any atom is -0.310 e. The van der Waals surface area contributed by atoms with Gasteiger partial charge in [0.15, 0.2) is 0 Å². The molecule has 0 N–H and O–H groups in total. The van der Waals surface area contributed by atoms with E-state index in [2.05, 4.69) is 205 Å². The number of anilines is 3. The van der Waals surface area contributed by atoms with E-state index in [1.54, 1.807) is 0 Å². The van der Waals surface area contributed by atoms with Crippen molar-refractivity contribution in [2.45, 2.75) is 0 Å². The third kappa shape index (κ3) is 5.20. The number of benzene rings is 10. The summed E-state index contributed by atoms with van der Waals surface area (Å²) >= 11 is 3.82. The molecule has 0 saturated carbocycles. The Morgan fingerprint density at radius 3 is 1.60 bits per heavy atom. The van der Waals surface area contributed by atoms with Crippen molar-refractivity contribution in [3.63, 3.8) is 0 Å². The highest BCUT2D eigenvalue weighted by Gasteiger charge is 2.21. The zero-order chi connectivity index (χ0) is 37.5. The standard InChI is InChI=1S/C54H33NS2/c1-2-14-36(15-3-1)42-28-29-46(54-52(42)47-20-10-11-21-50(47)56-54)48-33-49-44-27-26-41(32-51(44)57-53(49)45-19-9-8-18-43(45)48)55(39-24-22-34-12-4-6-16-37(34)30-39)40-25-23-35-13-5-7-17-38(35)31-40/h1-33H. The molecule has 0 atom stereocenters. The highest BCUT2D eigenvalue weighted by atomic mass is 32.1. The van der Waals surface area contributed by atoms with Crippen LogP contribution in [0.25, 0.3) is 94.9 Å². The van der Waals surface area contributed by atoms with Crippen LogP contribution in [0.4, 0.5) is 17.1 Å². The van der Waals surface area contributed by atoms with Crippen LogP contribution in [-0.2, 0) is 0 Å². The van der Waals surface area contributed by atoms with Crippen LogP contribution in [0, 0.1) is 0 Å². The monoisotopic (exact) mass is 759 g/mol. The van der Waals surface area contributed by atoms with Gasteiger partial charge in [-0.25, -0.2) is 0 Å². The third-order valence-electron chi connectivity index (χ3n) is 11.6. The van der Waals surface area contributed by atoms with Gasteiger partial charge in [0, 0.05) is 68.4 Å². The van der Waals surface area contributed by atoms with Crippen LogP contribution in [0.15, 0.2) is 200 Å². The molecule has 12 aromatic rings. The van der Waals surface area contributed by atoms with Gasteiger partial charge in [0.25, 0.3) is 0 Å². The fourth-order valence-corrected chi connectivity index (χ4v) is 11.4. The molecule has 0 aliphatic rings. The highest BCUT2D eigenvalue weighted by Crippen LogP contribution is 2.49. The molecular weight excluding hydrogens is 727 g/mol. The fourth-order valence-electron chi connectivity index (χ4n) is 8.93. The molecule has 0 bridgehead atoms. The lowest BCUT2D eigenvalue weighted by molar-refractivity contribution is 1.30. The second kappa shape index (κ2) is 12.9. The zero-order valence-corrected chi connectivity index (χ0v) is 32.4. The molecule has 2 heterocycles. The Kier molecular flexibility index (Phi) is 7.34. The Bertz CT molecular complexity index is 3460. The van der Waals surface area contributed by atoms with Gasteiger partial charge in [0.05, 0.1) is 0 Å². The Labute approximate surface area is 337 Å². The van der Waals surface area contributed by atoms with Gasteiger partial charge in [-0.2, -0.15) is 0 Å². The summed E-state index contributed by atoms with van der Waals surface area (Å²) in [7, 11) is 0. The molecule has 10 aromatic carbocycles. The highest BCUT2D eigenvalue weighted by molar-refractivity contribution is 7.27. The molecule has 0 unspecified atom stereocenters. The molecule has 3 heteroatoms. The van der Waals surface area contributed by atoms with Crippen LogP contribution in [-0.4, -0.2) is 0 Å². The molecule has 266 valence electrons. The lowest BCUT2D eigenvalue weighted by Crippen LogP contribution is -2.09. The summed E-state index contributed by atoms with van der Waals surface area (Å²) in [6.45, 7) is 0. The summed E-state index contributed by atoms with van der Waals surface area (Å²) in [5.41, 5.74) is 8.54. The molecule has 1 nitrogen and oxygen atoms in total. The van der Waals surface area contributed by atoms with Crippen LogP contribution >= 0.6 is 22.7 Å². The smallest absolute Gasteiger partial charge is 0.0476 e. The lowest BCUT2D eigenvalue weighted by Gasteiger charge is -2.26. The molecule has 0 saturated heterocycles. The van der Waals surface area contributed by atoms with Gasteiger partial charge in [-0.3, -0.25) is 0 Å². The summed E-state index contributed by atoms with van der Waals surface area (Å²) < 4.78 is 5.27. The van der Waals surface area contributed by atoms with Crippen molar-refractivity contribution in [1.82, 2.24) is 0 Å². The van der Waals surface area contributed by atoms with Crippen LogP contribution in [0.3, 0.4) is 0 Å². The maximum absolute atomic E-state index is 2.47. The van der Waals surface area contributed by atoms with Crippen molar-refractivity contribution in [3.8, 4) is 22.3 Å². The van der Waals surface area contributed by atoms with Crippen LogP contribution in [0.2, 0.25) is 0 Å². The van der Waals surface area contributed by atoms with E-state index in [1.165, 1.54) is 94.9 Å². The topological polar surface area (TPSA) is 3.24 Å². The summed E-state index contributed by atoms with van der Waals surface area (Å²) in [4.78, 5) is 2.42. The van der Waals surface area contributed by atoms with E-state index in [1.807, 2.05) is 22.7 Å². The molecule has 0 radical (unpaired) electrons. The first-order chi connectivity index (χ1) is 28.2. The first-order valence-electron chi connectivity index (χ1n) is 19.4. The van der Waals surface area contributed by atoms with Crippen molar-refractivity contribution >= 4 is 112 Å². The van der Waals surface area contributed by atoms with Crippen molar-refractivity contribution < 1.29 is 0 Å².